The van der Waals surface area contributed by atoms with Crippen molar-refractivity contribution in [3.05, 3.63) is 71.8 Å². The van der Waals surface area contributed by atoms with E-state index in [1.54, 1.807) is 0 Å². The smallest absolute Gasteiger partial charge is 0.408 e. The molecule has 0 radical (unpaired) electrons. The van der Waals surface area contributed by atoms with E-state index < -0.39 is 18.1 Å². The average molecular weight is 387 g/mol. The van der Waals surface area contributed by atoms with Gasteiger partial charge in [0.1, 0.15) is 6.61 Å². The van der Waals surface area contributed by atoms with E-state index in [1.165, 1.54) is 0 Å². The van der Waals surface area contributed by atoms with E-state index in [4.69, 9.17) is 14.2 Å². The number of carbonyl (C=O) groups excluding carboxylic acids is 1. The van der Waals surface area contributed by atoms with Gasteiger partial charge >= 0.3 is 12.1 Å². The van der Waals surface area contributed by atoms with Gasteiger partial charge in [-0.3, -0.25) is 0 Å². The monoisotopic (exact) mass is 387 g/mol. The predicted molar refractivity (Wildman–Crippen MR) is 103 cm³/mol. The minimum Gasteiger partial charge on any atom is -0.480 e. The molecule has 2 aromatic carbocycles. The molecule has 0 fully saturated rings. The highest BCUT2D eigenvalue weighted by molar-refractivity contribution is 5.80. The van der Waals surface area contributed by atoms with Gasteiger partial charge in [-0.2, -0.15) is 0 Å². The van der Waals surface area contributed by atoms with Gasteiger partial charge in [0, 0.05) is 0 Å². The van der Waals surface area contributed by atoms with Crippen molar-refractivity contribution in [2.24, 2.45) is 0 Å². The summed E-state index contributed by atoms with van der Waals surface area (Å²) in [5.41, 5.74) is 1.85. The minimum absolute atomic E-state index is 0.0598. The molecule has 0 unspecified atom stereocenters. The zero-order valence-electron chi connectivity index (χ0n) is 15.7. The molecule has 7 heteroatoms. The molecule has 2 N–H and O–H groups in total. The zero-order valence-corrected chi connectivity index (χ0v) is 15.7. The number of amides is 1. The van der Waals surface area contributed by atoms with E-state index in [0.717, 1.165) is 11.1 Å². The number of rotatable bonds is 11. The van der Waals surface area contributed by atoms with Crippen LogP contribution in [0.5, 0.6) is 0 Å². The zero-order chi connectivity index (χ0) is 20.2. The Kier molecular flexibility index (Phi) is 8.97. The van der Waals surface area contributed by atoms with Gasteiger partial charge in [-0.1, -0.05) is 60.7 Å². The molecule has 150 valence electrons. The molecular weight excluding hydrogens is 362 g/mol. The fourth-order valence-electron chi connectivity index (χ4n) is 2.29. The van der Waals surface area contributed by atoms with Crippen LogP contribution < -0.4 is 5.32 Å². The number of carbonyl (C=O) groups is 2. The Morgan fingerprint density at radius 2 is 1.50 bits per heavy atom. The summed E-state index contributed by atoms with van der Waals surface area (Å²) in [4.78, 5) is 23.1. The van der Waals surface area contributed by atoms with E-state index in [9.17, 15) is 14.7 Å². The highest BCUT2D eigenvalue weighted by atomic mass is 16.6. The van der Waals surface area contributed by atoms with Crippen molar-refractivity contribution in [1.82, 2.24) is 5.32 Å². The number of aliphatic carboxylic acids is 1. The number of alkyl carbamates (subject to hydrolysis) is 1. The van der Waals surface area contributed by atoms with Crippen molar-refractivity contribution in [2.75, 3.05) is 13.2 Å². The fourth-order valence-corrected chi connectivity index (χ4v) is 2.29. The second-order valence-corrected chi connectivity index (χ2v) is 6.24. The number of hydrogen-bond acceptors (Lipinski definition) is 5. The number of nitrogens with one attached hydrogen (secondary N) is 1. The second kappa shape index (κ2) is 11.7. The van der Waals surface area contributed by atoms with Crippen LogP contribution in [0.2, 0.25) is 0 Å². The average Bonchev–Trinajstić information content (AvgIpc) is 2.71. The Morgan fingerprint density at radius 1 is 0.929 bits per heavy atom. The molecule has 0 saturated carbocycles. The van der Waals surface area contributed by atoms with Gasteiger partial charge in [0.05, 0.1) is 25.9 Å². The molecule has 0 aliphatic heterocycles. The molecule has 0 aliphatic rings. The molecule has 2 aromatic rings. The van der Waals surface area contributed by atoms with Crippen molar-refractivity contribution in [3.63, 3.8) is 0 Å². The first-order valence-electron chi connectivity index (χ1n) is 8.98. The summed E-state index contributed by atoms with van der Waals surface area (Å²) < 4.78 is 16.1. The maximum absolute atomic E-state index is 11.8. The van der Waals surface area contributed by atoms with Gasteiger partial charge in [0.15, 0.2) is 6.04 Å². The number of carboxylic acid groups (broad SMARTS) is 1. The van der Waals surface area contributed by atoms with Crippen LogP contribution in [0, 0.1) is 0 Å². The van der Waals surface area contributed by atoms with E-state index in [0.29, 0.717) is 6.61 Å². The lowest BCUT2D eigenvalue weighted by Gasteiger charge is -2.17. The number of ether oxygens (including phenoxy) is 3. The maximum Gasteiger partial charge on any atom is 0.408 e. The van der Waals surface area contributed by atoms with Crippen molar-refractivity contribution >= 4 is 12.1 Å². The Labute approximate surface area is 164 Å². The van der Waals surface area contributed by atoms with Gasteiger partial charge < -0.3 is 24.6 Å². The molecule has 0 aromatic heterocycles. The molecule has 0 spiro atoms. The lowest BCUT2D eigenvalue weighted by molar-refractivity contribution is -0.141. The number of carboxylic acids is 1. The number of benzene rings is 2. The third-order valence-electron chi connectivity index (χ3n) is 3.82. The lowest BCUT2D eigenvalue weighted by atomic mass is 10.2. The van der Waals surface area contributed by atoms with Crippen LogP contribution in [0.25, 0.3) is 0 Å². The summed E-state index contributed by atoms with van der Waals surface area (Å²) in [5.74, 6) is -1.20. The van der Waals surface area contributed by atoms with E-state index in [1.807, 2.05) is 67.6 Å². The van der Waals surface area contributed by atoms with Gasteiger partial charge in [0.2, 0.25) is 0 Å². The van der Waals surface area contributed by atoms with Crippen LogP contribution in [-0.4, -0.2) is 42.5 Å². The Hall–Kier alpha value is -2.90. The Balaban J connectivity index is 1.67. The quantitative estimate of drug-likeness (QED) is 0.616. The molecule has 0 aliphatic carbocycles. The van der Waals surface area contributed by atoms with Crippen LogP contribution in [0.3, 0.4) is 0 Å². The Morgan fingerprint density at radius 3 is 2.07 bits per heavy atom. The van der Waals surface area contributed by atoms with Crippen molar-refractivity contribution in [1.29, 1.82) is 0 Å². The standard InChI is InChI=1S/C21H25NO6/c1-16(27-13-17-8-4-2-5-9-17)12-26-15-19(20(23)24)22-21(25)28-14-18-10-6-3-7-11-18/h2-11,16,19H,12-15H2,1H3,(H,22,25)(H,23,24)/t16-,19+/m1/s1. The minimum atomic E-state index is -1.20. The molecular formula is C21H25NO6. The van der Waals surface area contributed by atoms with E-state index in [2.05, 4.69) is 5.32 Å². The second-order valence-electron chi connectivity index (χ2n) is 6.24. The highest BCUT2D eigenvalue weighted by Gasteiger charge is 2.21. The summed E-state index contributed by atoms with van der Waals surface area (Å²) in [6.45, 7) is 2.36. The van der Waals surface area contributed by atoms with Crippen LogP contribution in [0.15, 0.2) is 60.7 Å². The molecule has 2 atom stereocenters. The first kappa shape index (κ1) is 21.4. The molecule has 7 nitrogen and oxygen atoms in total. The first-order valence-corrected chi connectivity index (χ1v) is 8.98. The van der Waals surface area contributed by atoms with Crippen molar-refractivity contribution in [2.45, 2.75) is 32.3 Å². The maximum atomic E-state index is 11.8. The predicted octanol–water partition coefficient (Wildman–Crippen LogP) is 2.99. The normalized spacial score (nSPS) is 12.8. The van der Waals surface area contributed by atoms with E-state index >= 15 is 0 Å². The van der Waals surface area contributed by atoms with Gasteiger partial charge in [-0.25, -0.2) is 9.59 Å². The third kappa shape index (κ3) is 8.20. The van der Waals surface area contributed by atoms with Gasteiger partial charge in [-0.05, 0) is 18.1 Å². The van der Waals surface area contributed by atoms with Gasteiger partial charge in [-0.15, -0.1) is 0 Å². The van der Waals surface area contributed by atoms with Crippen molar-refractivity contribution in [3.8, 4) is 0 Å². The summed E-state index contributed by atoms with van der Waals surface area (Å²) >= 11 is 0. The third-order valence-corrected chi connectivity index (χ3v) is 3.82. The van der Waals surface area contributed by atoms with Crippen LogP contribution in [0.4, 0.5) is 4.79 Å². The summed E-state index contributed by atoms with van der Waals surface area (Å²) in [6.07, 6.45) is -1.03. The van der Waals surface area contributed by atoms with Crippen molar-refractivity contribution < 1.29 is 28.9 Å². The van der Waals surface area contributed by atoms with Gasteiger partial charge in [0.25, 0.3) is 0 Å². The summed E-state index contributed by atoms with van der Waals surface area (Å²) in [7, 11) is 0. The first-order chi connectivity index (χ1) is 13.5. The molecule has 0 heterocycles. The van der Waals surface area contributed by atoms with Crippen LogP contribution in [0.1, 0.15) is 18.1 Å². The van der Waals surface area contributed by atoms with Crippen LogP contribution >= 0.6 is 0 Å². The molecule has 2 rings (SSSR count). The largest absolute Gasteiger partial charge is 0.480 e. The van der Waals surface area contributed by atoms with E-state index in [-0.39, 0.29) is 25.9 Å². The number of hydrogen-bond donors (Lipinski definition) is 2. The molecule has 0 saturated heterocycles. The molecule has 0 bridgehead atoms. The highest BCUT2D eigenvalue weighted by Crippen LogP contribution is 2.04. The SMILES string of the molecule is C[C@H](COC[C@H](NC(=O)OCc1ccccc1)C(=O)O)OCc1ccccc1. The molecule has 1 amide bonds. The topological polar surface area (TPSA) is 94.1 Å². The lowest BCUT2D eigenvalue weighted by Crippen LogP contribution is -2.44. The Bertz CT molecular complexity index is 722. The summed E-state index contributed by atoms with van der Waals surface area (Å²) in [5, 5.41) is 11.5. The van der Waals surface area contributed by atoms with Crippen LogP contribution in [-0.2, 0) is 32.2 Å². The fraction of sp³-hybridized carbons (Fsp3) is 0.333. The summed E-state index contributed by atoms with van der Waals surface area (Å²) in [6, 6.07) is 17.6. The molecule has 28 heavy (non-hydrogen) atoms.